The second kappa shape index (κ2) is 7.35. The molecule has 0 atom stereocenters. The summed E-state index contributed by atoms with van der Waals surface area (Å²) in [7, 11) is -3.92. The molecule has 0 saturated heterocycles. The molecule has 1 aliphatic rings. The molecule has 29 heavy (non-hydrogen) atoms. The van der Waals surface area contributed by atoms with Crippen molar-refractivity contribution in [2.45, 2.75) is 4.90 Å². The van der Waals surface area contributed by atoms with Crippen LogP contribution < -0.4 is 10.0 Å². The highest BCUT2D eigenvalue weighted by molar-refractivity contribution is 7.92. The van der Waals surface area contributed by atoms with Crippen LogP contribution in [0, 0.1) is 5.82 Å². The van der Waals surface area contributed by atoms with E-state index < -0.39 is 15.8 Å². The predicted octanol–water partition coefficient (Wildman–Crippen LogP) is 4.77. The number of hydrogen-bond acceptors (Lipinski definition) is 3. The second-order valence-electron chi connectivity index (χ2n) is 6.38. The van der Waals surface area contributed by atoms with Gasteiger partial charge >= 0.3 is 0 Å². The number of carbonyl (C=O) groups excluding carboxylic acids is 1. The van der Waals surface area contributed by atoms with E-state index in [0.717, 1.165) is 17.7 Å². The van der Waals surface area contributed by atoms with Crippen LogP contribution in [0.4, 0.5) is 15.8 Å². The maximum absolute atomic E-state index is 13.0. The Bertz CT molecular complexity index is 1240. The zero-order valence-corrected chi connectivity index (χ0v) is 16.4. The van der Waals surface area contributed by atoms with Gasteiger partial charge in [0.15, 0.2) is 0 Å². The van der Waals surface area contributed by atoms with Crippen molar-refractivity contribution in [1.82, 2.24) is 0 Å². The summed E-state index contributed by atoms with van der Waals surface area (Å²) in [6.45, 7) is 0. The second-order valence-corrected chi connectivity index (χ2v) is 8.50. The number of nitrogens with one attached hydrogen (secondary N) is 2. The average Bonchev–Trinajstić information content (AvgIpc) is 3.00. The fraction of sp³-hybridized carbons (Fsp3) is 0. The van der Waals surface area contributed by atoms with E-state index in [1.54, 1.807) is 30.3 Å². The molecule has 1 aliphatic heterocycles. The lowest BCUT2D eigenvalue weighted by Gasteiger charge is -2.09. The molecule has 0 saturated carbocycles. The summed E-state index contributed by atoms with van der Waals surface area (Å²) < 4.78 is 40.9. The first kappa shape index (κ1) is 19.2. The number of hydrogen-bond donors (Lipinski definition) is 2. The van der Waals surface area contributed by atoms with Crippen LogP contribution in [0.25, 0.3) is 11.6 Å². The number of rotatable bonds is 4. The van der Waals surface area contributed by atoms with Crippen LogP contribution in [0.5, 0.6) is 0 Å². The van der Waals surface area contributed by atoms with Gasteiger partial charge in [-0.2, -0.15) is 0 Å². The van der Waals surface area contributed by atoms with Gasteiger partial charge < -0.3 is 5.32 Å². The molecule has 3 aromatic carbocycles. The molecule has 0 aromatic heterocycles. The van der Waals surface area contributed by atoms with Gasteiger partial charge in [-0.3, -0.25) is 9.52 Å². The van der Waals surface area contributed by atoms with E-state index >= 15 is 0 Å². The lowest BCUT2D eigenvalue weighted by Crippen LogP contribution is -2.13. The summed E-state index contributed by atoms with van der Waals surface area (Å²) in [5.74, 6) is -0.789. The zero-order valence-electron chi connectivity index (χ0n) is 14.8. The summed E-state index contributed by atoms with van der Waals surface area (Å²) >= 11 is 5.89. The van der Waals surface area contributed by atoms with E-state index in [2.05, 4.69) is 10.0 Å². The number of halogens is 2. The molecular weight excluding hydrogens is 415 g/mol. The van der Waals surface area contributed by atoms with Gasteiger partial charge in [-0.15, -0.1) is 0 Å². The van der Waals surface area contributed by atoms with Gasteiger partial charge in [0, 0.05) is 27.5 Å². The van der Waals surface area contributed by atoms with E-state index in [4.69, 9.17) is 11.6 Å². The fourth-order valence-electron chi connectivity index (χ4n) is 2.94. The highest BCUT2D eigenvalue weighted by Gasteiger charge is 2.26. The highest BCUT2D eigenvalue weighted by atomic mass is 35.5. The van der Waals surface area contributed by atoms with Crippen LogP contribution in [0.2, 0.25) is 5.02 Å². The molecule has 0 aliphatic carbocycles. The number of sulfonamides is 1. The van der Waals surface area contributed by atoms with Gasteiger partial charge in [-0.1, -0.05) is 23.7 Å². The molecule has 0 bridgehead atoms. The van der Waals surface area contributed by atoms with Crippen LogP contribution in [-0.2, 0) is 14.8 Å². The molecule has 0 spiro atoms. The van der Waals surface area contributed by atoms with Gasteiger partial charge in [0.05, 0.1) is 4.90 Å². The number of amides is 1. The largest absolute Gasteiger partial charge is 0.321 e. The van der Waals surface area contributed by atoms with Crippen molar-refractivity contribution in [3.63, 3.8) is 0 Å². The van der Waals surface area contributed by atoms with Crippen LogP contribution >= 0.6 is 11.6 Å². The smallest absolute Gasteiger partial charge is 0.261 e. The molecule has 1 amide bonds. The Kier molecular flexibility index (Phi) is 4.86. The minimum Gasteiger partial charge on any atom is -0.321 e. The highest BCUT2D eigenvalue weighted by Crippen LogP contribution is 2.35. The molecule has 0 fully saturated rings. The van der Waals surface area contributed by atoms with Crippen molar-refractivity contribution in [1.29, 1.82) is 0 Å². The Hall–Kier alpha value is -3.16. The SMILES string of the molecule is O=C1Nc2ccc(S(=O)(=O)Nc3ccc(F)cc3)cc2C1=Cc1ccc(Cl)cc1. The van der Waals surface area contributed by atoms with Crippen molar-refractivity contribution in [2.24, 2.45) is 0 Å². The van der Waals surface area contributed by atoms with Gasteiger partial charge in [-0.25, -0.2) is 12.8 Å². The Morgan fingerprint density at radius 3 is 2.34 bits per heavy atom. The topological polar surface area (TPSA) is 75.3 Å². The molecular formula is C21H14ClFN2O3S. The maximum atomic E-state index is 13.0. The predicted molar refractivity (Wildman–Crippen MR) is 112 cm³/mol. The summed E-state index contributed by atoms with van der Waals surface area (Å²) in [6, 6.07) is 16.3. The number of anilines is 2. The molecule has 0 radical (unpaired) electrons. The number of fused-ring (bicyclic) bond motifs is 1. The molecule has 4 rings (SSSR count). The van der Waals surface area contributed by atoms with Crippen molar-refractivity contribution in [2.75, 3.05) is 10.0 Å². The van der Waals surface area contributed by atoms with Gasteiger partial charge in [0.2, 0.25) is 0 Å². The first-order valence-electron chi connectivity index (χ1n) is 8.53. The van der Waals surface area contributed by atoms with E-state index in [0.29, 0.717) is 21.8 Å². The summed E-state index contributed by atoms with van der Waals surface area (Å²) in [6.07, 6.45) is 1.67. The summed E-state index contributed by atoms with van der Waals surface area (Å²) in [5.41, 5.74) is 2.34. The first-order chi connectivity index (χ1) is 13.8. The minimum atomic E-state index is -3.92. The molecule has 5 nitrogen and oxygen atoms in total. The fourth-order valence-corrected chi connectivity index (χ4v) is 4.15. The lowest BCUT2D eigenvalue weighted by atomic mass is 10.0. The van der Waals surface area contributed by atoms with Gasteiger partial charge in [-0.05, 0) is 66.2 Å². The average molecular weight is 429 g/mol. The molecule has 1 heterocycles. The normalized spacial score (nSPS) is 14.6. The summed E-state index contributed by atoms with van der Waals surface area (Å²) in [5, 5.41) is 3.30. The molecule has 3 aromatic rings. The Morgan fingerprint density at radius 2 is 1.66 bits per heavy atom. The standard InChI is InChI=1S/C21H14ClFN2O3S/c22-14-3-1-13(2-4-14)11-19-18-12-17(9-10-20(18)24-21(19)26)29(27,28)25-16-7-5-15(23)6-8-16/h1-12,25H,(H,24,26). The third kappa shape index (κ3) is 4.01. The Balaban J connectivity index is 1.70. The van der Waals surface area contributed by atoms with E-state index in [1.165, 1.54) is 30.3 Å². The molecule has 2 N–H and O–H groups in total. The zero-order chi connectivity index (χ0) is 20.6. The van der Waals surface area contributed by atoms with E-state index in [1.807, 2.05) is 0 Å². The minimum absolute atomic E-state index is 0.0147. The first-order valence-corrected chi connectivity index (χ1v) is 10.4. The number of benzene rings is 3. The van der Waals surface area contributed by atoms with Crippen LogP contribution in [0.3, 0.4) is 0 Å². The Labute approximate surface area is 171 Å². The van der Waals surface area contributed by atoms with Crippen molar-refractivity contribution in [3.05, 3.63) is 88.7 Å². The van der Waals surface area contributed by atoms with Crippen molar-refractivity contribution < 1.29 is 17.6 Å². The van der Waals surface area contributed by atoms with E-state index in [9.17, 15) is 17.6 Å². The van der Waals surface area contributed by atoms with Crippen LogP contribution in [-0.4, -0.2) is 14.3 Å². The molecule has 146 valence electrons. The number of carbonyl (C=O) groups is 1. The third-order valence-electron chi connectivity index (χ3n) is 4.36. The van der Waals surface area contributed by atoms with Crippen LogP contribution in [0.15, 0.2) is 71.6 Å². The van der Waals surface area contributed by atoms with Crippen LogP contribution in [0.1, 0.15) is 11.1 Å². The van der Waals surface area contributed by atoms with E-state index in [-0.39, 0.29) is 16.5 Å². The molecule has 8 heteroatoms. The monoisotopic (exact) mass is 428 g/mol. The van der Waals surface area contributed by atoms with Gasteiger partial charge in [0.25, 0.3) is 15.9 Å². The van der Waals surface area contributed by atoms with Gasteiger partial charge in [0.1, 0.15) is 5.82 Å². The van der Waals surface area contributed by atoms with Crippen molar-refractivity contribution >= 4 is 50.6 Å². The van der Waals surface area contributed by atoms with Crippen molar-refractivity contribution in [3.8, 4) is 0 Å². The maximum Gasteiger partial charge on any atom is 0.261 e. The third-order valence-corrected chi connectivity index (χ3v) is 5.99. The Morgan fingerprint density at radius 1 is 0.966 bits per heavy atom. The summed E-state index contributed by atoms with van der Waals surface area (Å²) in [4.78, 5) is 12.4. The molecule has 0 unspecified atom stereocenters. The lowest BCUT2D eigenvalue weighted by molar-refractivity contribution is -0.110. The quantitative estimate of drug-likeness (QED) is 0.587.